The molecule has 0 bridgehead atoms. The van der Waals surface area contributed by atoms with Gasteiger partial charge in [-0.05, 0) is 52.6 Å². The second kappa shape index (κ2) is 5.17. The second-order valence-electron chi connectivity index (χ2n) is 4.71. The molecule has 0 saturated carbocycles. The molecule has 0 amide bonds. The van der Waals surface area contributed by atoms with Crippen LogP contribution in [0.3, 0.4) is 0 Å². The molecule has 0 aliphatic carbocycles. The smallest absolute Gasteiger partial charge is 0.123 e. The molecule has 2 heteroatoms. The minimum absolute atomic E-state index is 0.219. The van der Waals surface area contributed by atoms with Gasteiger partial charge in [-0.15, -0.1) is 0 Å². The molecule has 0 spiro atoms. The molecular formula is C18H14FN. The maximum atomic E-state index is 13.0. The lowest BCUT2D eigenvalue weighted by atomic mass is 9.99. The van der Waals surface area contributed by atoms with E-state index in [2.05, 4.69) is 12.1 Å². The fourth-order valence-electron chi connectivity index (χ4n) is 2.20. The van der Waals surface area contributed by atoms with Gasteiger partial charge in [0.25, 0.3) is 0 Å². The number of hydrogen-bond acceptors (Lipinski definition) is 1. The third-order valence-corrected chi connectivity index (χ3v) is 3.28. The molecule has 0 fully saturated rings. The van der Waals surface area contributed by atoms with Crippen LogP contribution in [-0.4, -0.2) is 0 Å². The average Bonchev–Trinajstić information content (AvgIpc) is 2.49. The second-order valence-corrected chi connectivity index (χ2v) is 4.71. The van der Waals surface area contributed by atoms with Crippen molar-refractivity contribution in [3.8, 4) is 22.3 Å². The van der Waals surface area contributed by atoms with Crippen LogP contribution in [-0.2, 0) is 0 Å². The number of rotatable bonds is 2. The fourth-order valence-corrected chi connectivity index (χ4v) is 2.20. The molecule has 0 saturated heterocycles. The van der Waals surface area contributed by atoms with E-state index in [1.54, 1.807) is 12.1 Å². The van der Waals surface area contributed by atoms with E-state index in [4.69, 9.17) is 5.73 Å². The van der Waals surface area contributed by atoms with E-state index >= 15 is 0 Å². The topological polar surface area (TPSA) is 26.0 Å². The van der Waals surface area contributed by atoms with E-state index in [0.717, 1.165) is 27.9 Å². The van der Waals surface area contributed by atoms with Gasteiger partial charge in [-0.1, -0.05) is 42.5 Å². The third kappa shape index (κ3) is 2.54. The Hall–Kier alpha value is -2.61. The quantitative estimate of drug-likeness (QED) is 0.664. The summed E-state index contributed by atoms with van der Waals surface area (Å²) in [5.74, 6) is -0.219. The molecule has 0 aliphatic rings. The van der Waals surface area contributed by atoms with E-state index < -0.39 is 0 Å². The van der Waals surface area contributed by atoms with Gasteiger partial charge in [0, 0.05) is 5.69 Å². The van der Waals surface area contributed by atoms with Crippen LogP contribution in [0.4, 0.5) is 10.1 Å². The van der Waals surface area contributed by atoms with Crippen molar-refractivity contribution in [2.45, 2.75) is 0 Å². The van der Waals surface area contributed by atoms with Crippen molar-refractivity contribution in [1.82, 2.24) is 0 Å². The van der Waals surface area contributed by atoms with E-state index in [9.17, 15) is 4.39 Å². The van der Waals surface area contributed by atoms with Gasteiger partial charge in [0.15, 0.2) is 0 Å². The van der Waals surface area contributed by atoms with Crippen LogP contribution in [0, 0.1) is 5.82 Å². The fraction of sp³-hybridized carbons (Fsp3) is 0. The summed E-state index contributed by atoms with van der Waals surface area (Å²) in [7, 11) is 0. The summed E-state index contributed by atoms with van der Waals surface area (Å²) < 4.78 is 13.0. The number of benzene rings is 3. The highest BCUT2D eigenvalue weighted by molar-refractivity contribution is 5.73. The first-order valence-electron chi connectivity index (χ1n) is 6.44. The van der Waals surface area contributed by atoms with Crippen LogP contribution < -0.4 is 5.73 Å². The summed E-state index contributed by atoms with van der Waals surface area (Å²) in [6.45, 7) is 0. The zero-order valence-electron chi connectivity index (χ0n) is 10.9. The van der Waals surface area contributed by atoms with E-state index in [1.165, 1.54) is 12.1 Å². The van der Waals surface area contributed by atoms with Gasteiger partial charge in [0.05, 0.1) is 0 Å². The van der Waals surface area contributed by atoms with Crippen LogP contribution in [0.25, 0.3) is 22.3 Å². The predicted octanol–water partition coefficient (Wildman–Crippen LogP) is 4.74. The molecule has 0 radical (unpaired) electrons. The Morgan fingerprint density at radius 1 is 0.600 bits per heavy atom. The van der Waals surface area contributed by atoms with E-state index in [-0.39, 0.29) is 5.82 Å². The molecule has 3 aromatic carbocycles. The van der Waals surface area contributed by atoms with Gasteiger partial charge in [0.2, 0.25) is 0 Å². The van der Waals surface area contributed by atoms with Crippen molar-refractivity contribution in [1.29, 1.82) is 0 Å². The van der Waals surface area contributed by atoms with Crippen molar-refractivity contribution in [2.75, 3.05) is 5.73 Å². The zero-order valence-corrected chi connectivity index (χ0v) is 10.9. The van der Waals surface area contributed by atoms with Crippen molar-refractivity contribution in [2.24, 2.45) is 0 Å². The molecule has 0 unspecified atom stereocenters. The van der Waals surface area contributed by atoms with E-state index in [1.807, 2.05) is 36.4 Å². The standard InChI is InChI=1S/C18H14FN/c19-17-8-4-13(5-9-17)15-2-1-3-16(12-15)14-6-10-18(20)11-7-14/h1-12H,20H2. The number of halogens is 1. The maximum Gasteiger partial charge on any atom is 0.123 e. The van der Waals surface area contributed by atoms with Crippen molar-refractivity contribution in [3.63, 3.8) is 0 Å². The first-order valence-corrected chi connectivity index (χ1v) is 6.44. The summed E-state index contributed by atoms with van der Waals surface area (Å²) in [5, 5.41) is 0. The summed E-state index contributed by atoms with van der Waals surface area (Å²) in [4.78, 5) is 0. The monoisotopic (exact) mass is 263 g/mol. The lowest BCUT2D eigenvalue weighted by molar-refractivity contribution is 0.628. The van der Waals surface area contributed by atoms with E-state index in [0.29, 0.717) is 0 Å². The number of anilines is 1. The lowest BCUT2D eigenvalue weighted by Crippen LogP contribution is -1.85. The van der Waals surface area contributed by atoms with Crippen molar-refractivity contribution >= 4 is 5.69 Å². The number of nitrogens with two attached hydrogens (primary N) is 1. The average molecular weight is 263 g/mol. The molecular weight excluding hydrogens is 249 g/mol. The normalized spacial score (nSPS) is 10.4. The van der Waals surface area contributed by atoms with Crippen LogP contribution >= 0.6 is 0 Å². The molecule has 2 N–H and O–H groups in total. The summed E-state index contributed by atoms with van der Waals surface area (Å²) in [6, 6.07) is 22.5. The van der Waals surface area contributed by atoms with Crippen LogP contribution in [0.15, 0.2) is 72.8 Å². The number of nitrogen functional groups attached to an aromatic ring is 1. The van der Waals surface area contributed by atoms with Crippen LogP contribution in [0.5, 0.6) is 0 Å². The molecule has 3 aromatic rings. The summed E-state index contributed by atoms with van der Waals surface area (Å²) in [6.07, 6.45) is 0. The largest absolute Gasteiger partial charge is 0.399 e. The molecule has 3 rings (SSSR count). The molecule has 0 atom stereocenters. The molecule has 20 heavy (non-hydrogen) atoms. The molecule has 0 aliphatic heterocycles. The Morgan fingerprint density at radius 2 is 1.10 bits per heavy atom. The van der Waals surface area contributed by atoms with Gasteiger partial charge < -0.3 is 5.73 Å². The van der Waals surface area contributed by atoms with Gasteiger partial charge in [0.1, 0.15) is 5.82 Å². The van der Waals surface area contributed by atoms with Gasteiger partial charge in [-0.25, -0.2) is 4.39 Å². The van der Waals surface area contributed by atoms with Gasteiger partial charge >= 0.3 is 0 Å². The number of hydrogen-bond donors (Lipinski definition) is 1. The van der Waals surface area contributed by atoms with Crippen molar-refractivity contribution < 1.29 is 4.39 Å². The lowest BCUT2D eigenvalue weighted by Gasteiger charge is -2.06. The predicted molar refractivity (Wildman–Crippen MR) is 81.7 cm³/mol. The first kappa shape index (κ1) is 12.4. The minimum Gasteiger partial charge on any atom is -0.399 e. The van der Waals surface area contributed by atoms with Gasteiger partial charge in [-0.2, -0.15) is 0 Å². The minimum atomic E-state index is -0.219. The Labute approximate surface area is 117 Å². The Balaban J connectivity index is 2.01. The highest BCUT2D eigenvalue weighted by Gasteiger charge is 2.02. The summed E-state index contributed by atoms with van der Waals surface area (Å²) in [5.41, 5.74) is 10.8. The molecule has 1 nitrogen and oxygen atoms in total. The Bertz CT molecular complexity index is 654. The summed E-state index contributed by atoms with van der Waals surface area (Å²) >= 11 is 0. The molecule has 98 valence electrons. The maximum absolute atomic E-state index is 13.0. The first-order chi connectivity index (χ1) is 9.72. The zero-order chi connectivity index (χ0) is 13.9. The Morgan fingerprint density at radius 3 is 1.65 bits per heavy atom. The van der Waals surface area contributed by atoms with Gasteiger partial charge in [-0.3, -0.25) is 0 Å². The van der Waals surface area contributed by atoms with Crippen LogP contribution in [0.1, 0.15) is 0 Å². The highest BCUT2D eigenvalue weighted by Crippen LogP contribution is 2.26. The molecule has 0 aromatic heterocycles. The highest BCUT2D eigenvalue weighted by atomic mass is 19.1. The molecule has 0 heterocycles. The van der Waals surface area contributed by atoms with Crippen LogP contribution in [0.2, 0.25) is 0 Å². The Kier molecular flexibility index (Phi) is 3.21. The van der Waals surface area contributed by atoms with Crippen molar-refractivity contribution in [3.05, 3.63) is 78.6 Å². The SMILES string of the molecule is Nc1ccc(-c2cccc(-c3ccc(F)cc3)c2)cc1. The third-order valence-electron chi connectivity index (χ3n) is 3.28.